The largest absolute Gasteiger partial charge is 0.324 e. The summed E-state index contributed by atoms with van der Waals surface area (Å²) in [5.74, 6) is 0.389. The summed E-state index contributed by atoms with van der Waals surface area (Å²) in [4.78, 5) is 8.17. The standard InChI is InChI=1S/C11H8Cl3N3/c12-11(13,14)9-6-7-15-10(17-9)16-8-4-2-1-3-5-8/h1-7H,(H,15,16,17). The molecule has 0 saturated carbocycles. The highest BCUT2D eigenvalue weighted by atomic mass is 35.6. The van der Waals surface area contributed by atoms with Crippen molar-refractivity contribution in [2.45, 2.75) is 3.79 Å². The maximum atomic E-state index is 5.75. The molecule has 3 nitrogen and oxygen atoms in total. The lowest BCUT2D eigenvalue weighted by Crippen LogP contribution is -2.06. The minimum atomic E-state index is -1.55. The third kappa shape index (κ3) is 3.46. The van der Waals surface area contributed by atoms with Gasteiger partial charge in [0.25, 0.3) is 0 Å². The van der Waals surface area contributed by atoms with Crippen molar-refractivity contribution in [3.8, 4) is 0 Å². The Bertz CT molecular complexity index is 497. The summed E-state index contributed by atoms with van der Waals surface area (Å²) >= 11 is 17.2. The number of hydrogen-bond acceptors (Lipinski definition) is 3. The molecule has 0 radical (unpaired) electrons. The fourth-order valence-corrected chi connectivity index (χ4v) is 1.54. The van der Waals surface area contributed by atoms with Crippen molar-refractivity contribution in [2.75, 3.05) is 5.32 Å². The van der Waals surface area contributed by atoms with E-state index in [1.54, 1.807) is 6.07 Å². The fraction of sp³-hybridized carbons (Fsp3) is 0.0909. The molecule has 1 aromatic carbocycles. The van der Waals surface area contributed by atoms with Gasteiger partial charge in [0.2, 0.25) is 9.74 Å². The number of hydrogen-bond donors (Lipinski definition) is 1. The summed E-state index contributed by atoms with van der Waals surface area (Å²) in [6.45, 7) is 0. The van der Waals surface area contributed by atoms with E-state index in [-0.39, 0.29) is 0 Å². The Balaban J connectivity index is 2.23. The Labute approximate surface area is 114 Å². The quantitative estimate of drug-likeness (QED) is 0.847. The highest BCUT2D eigenvalue weighted by molar-refractivity contribution is 6.66. The van der Waals surface area contributed by atoms with E-state index in [1.807, 2.05) is 30.3 Å². The van der Waals surface area contributed by atoms with Gasteiger partial charge in [-0.3, -0.25) is 0 Å². The van der Waals surface area contributed by atoms with E-state index in [1.165, 1.54) is 6.20 Å². The van der Waals surface area contributed by atoms with E-state index in [0.717, 1.165) is 5.69 Å². The number of para-hydroxylation sites is 1. The first kappa shape index (κ1) is 12.4. The van der Waals surface area contributed by atoms with Crippen LogP contribution in [-0.4, -0.2) is 9.97 Å². The monoisotopic (exact) mass is 287 g/mol. The van der Waals surface area contributed by atoms with Gasteiger partial charge in [-0.05, 0) is 18.2 Å². The van der Waals surface area contributed by atoms with Gasteiger partial charge in [-0.25, -0.2) is 9.97 Å². The number of halogens is 3. The Morgan fingerprint density at radius 1 is 1.00 bits per heavy atom. The second-order valence-electron chi connectivity index (χ2n) is 3.25. The molecular formula is C11H8Cl3N3. The van der Waals surface area contributed by atoms with Crippen LogP contribution >= 0.6 is 34.8 Å². The number of nitrogens with zero attached hydrogens (tertiary/aromatic N) is 2. The van der Waals surface area contributed by atoms with E-state index in [2.05, 4.69) is 15.3 Å². The van der Waals surface area contributed by atoms with Crippen LogP contribution in [0.2, 0.25) is 0 Å². The second-order valence-corrected chi connectivity index (χ2v) is 5.54. The molecule has 2 rings (SSSR count). The Morgan fingerprint density at radius 2 is 1.71 bits per heavy atom. The van der Waals surface area contributed by atoms with Gasteiger partial charge < -0.3 is 5.32 Å². The number of aromatic nitrogens is 2. The highest BCUT2D eigenvalue weighted by Gasteiger charge is 2.24. The topological polar surface area (TPSA) is 37.8 Å². The van der Waals surface area contributed by atoms with E-state index in [0.29, 0.717) is 11.6 Å². The van der Waals surface area contributed by atoms with Crippen LogP contribution in [0.1, 0.15) is 5.69 Å². The number of nitrogens with one attached hydrogen (secondary N) is 1. The summed E-state index contributed by atoms with van der Waals surface area (Å²) in [5, 5.41) is 3.02. The van der Waals surface area contributed by atoms with Gasteiger partial charge in [-0.1, -0.05) is 53.0 Å². The molecule has 0 aliphatic heterocycles. The molecule has 0 spiro atoms. The predicted octanol–water partition coefficient (Wildman–Crippen LogP) is 4.05. The van der Waals surface area contributed by atoms with Gasteiger partial charge >= 0.3 is 0 Å². The Hall–Kier alpha value is -1.03. The lowest BCUT2D eigenvalue weighted by molar-refractivity contribution is 1.04. The van der Waals surface area contributed by atoms with Crippen molar-refractivity contribution in [3.63, 3.8) is 0 Å². The van der Waals surface area contributed by atoms with Crippen molar-refractivity contribution in [3.05, 3.63) is 48.3 Å². The SMILES string of the molecule is ClC(Cl)(Cl)c1ccnc(Nc2ccccc2)n1. The minimum Gasteiger partial charge on any atom is -0.324 e. The zero-order valence-electron chi connectivity index (χ0n) is 8.57. The van der Waals surface area contributed by atoms with Gasteiger partial charge in [0.1, 0.15) is 0 Å². The summed E-state index contributed by atoms with van der Waals surface area (Å²) in [5.41, 5.74) is 1.20. The number of alkyl halides is 3. The third-order valence-electron chi connectivity index (χ3n) is 1.98. The zero-order chi connectivity index (χ0) is 12.3. The number of rotatable bonds is 2. The Kier molecular flexibility index (Phi) is 3.72. The van der Waals surface area contributed by atoms with Crippen molar-refractivity contribution < 1.29 is 0 Å². The average Bonchev–Trinajstić information content (AvgIpc) is 2.29. The van der Waals surface area contributed by atoms with E-state index in [9.17, 15) is 0 Å². The zero-order valence-corrected chi connectivity index (χ0v) is 10.8. The maximum absolute atomic E-state index is 5.75. The minimum absolute atomic E-state index is 0.330. The van der Waals surface area contributed by atoms with Crippen LogP contribution in [-0.2, 0) is 3.79 Å². The van der Waals surface area contributed by atoms with Gasteiger partial charge in [0.15, 0.2) is 0 Å². The first-order valence-corrected chi connectivity index (χ1v) is 5.91. The smallest absolute Gasteiger partial charge is 0.232 e. The number of benzene rings is 1. The van der Waals surface area contributed by atoms with Crippen molar-refractivity contribution in [2.24, 2.45) is 0 Å². The molecule has 1 heterocycles. The van der Waals surface area contributed by atoms with Crippen LogP contribution in [0, 0.1) is 0 Å². The van der Waals surface area contributed by atoms with Gasteiger partial charge in [-0.2, -0.15) is 0 Å². The average molecular weight is 289 g/mol. The normalized spacial score (nSPS) is 11.2. The molecule has 0 aliphatic rings. The molecule has 0 amide bonds. The van der Waals surface area contributed by atoms with E-state index < -0.39 is 3.79 Å². The van der Waals surface area contributed by atoms with E-state index >= 15 is 0 Å². The van der Waals surface area contributed by atoms with Crippen molar-refractivity contribution >= 4 is 46.4 Å². The van der Waals surface area contributed by atoms with E-state index in [4.69, 9.17) is 34.8 Å². The molecule has 17 heavy (non-hydrogen) atoms. The van der Waals surface area contributed by atoms with Gasteiger partial charge in [0, 0.05) is 11.9 Å². The lowest BCUT2D eigenvalue weighted by Gasteiger charge is -2.11. The first-order valence-electron chi connectivity index (χ1n) is 4.78. The molecule has 88 valence electrons. The molecule has 0 bridgehead atoms. The van der Waals surface area contributed by atoms with Crippen LogP contribution in [0.4, 0.5) is 11.6 Å². The Morgan fingerprint density at radius 3 is 2.35 bits per heavy atom. The molecule has 0 aliphatic carbocycles. The molecule has 0 fully saturated rings. The molecule has 0 saturated heterocycles. The third-order valence-corrected chi connectivity index (χ3v) is 2.56. The van der Waals surface area contributed by atoms with Crippen molar-refractivity contribution in [1.29, 1.82) is 0 Å². The van der Waals surface area contributed by atoms with Crippen LogP contribution in [0.25, 0.3) is 0 Å². The molecule has 0 unspecified atom stereocenters. The molecule has 1 aromatic heterocycles. The van der Waals surface area contributed by atoms with Crippen LogP contribution in [0.3, 0.4) is 0 Å². The molecular weight excluding hydrogens is 281 g/mol. The highest BCUT2D eigenvalue weighted by Crippen LogP contribution is 2.36. The van der Waals surface area contributed by atoms with Gasteiger partial charge in [-0.15, -0.1) is 0 Å². The van der Waals surface area contributed by atoms with Crippen molar-refractivity contribution in [1.82, 2.24) is 9.97 Å². The molecule has 2 aromatic rings. The molecule has 1 N–H and O–H groups in total. The summed E-state index contributed by atoms with van der Waals surface area (Å²) in [6.07, 6.45) is 1.54. The molecule has 6 heteroatoms. The number of anilines is 2. The van der Waals surface area contributed by atoms with Gasteiger partial charge in [0.05, 0.1) is 5.69 Å². The van der Waals surface area contributed by atoms with Crippen LogP contribution in [0.15, 0.2) is 42.6 Å². The lowest BCUT2D eigenvalue weighted by atomic mass is 10.3. The van der Waals surface area contributed by atoms with Crippen LogP contribution in [0.5, 0.6) is 0 Å². The summed E-state index contributed by atoms with van der Waals surface area (Å²) in [6, 6.07) is 11.1. The fourth-order valence-electron chi connectivity index (χ4n) is 1.23. The maximum Gasteiger partial charge on any atom is 0.232 e. The summed E-state index contributed by atoms with van der Waals surface area (Å²) < 4.78 is -1.55. The molecule has 0 atom stereocenters. The predicted molar refractivity (Wildman–Crippen MR) is 71.0 cm³/mol. The second kappa shape index (κ2) is 5.08. The summed E-state index contributed by atoms with van der Waals surface area (Å²) in [7, 11) is 0. The first-order chi connectivity index (χ1) is 8.05. The van der Waals surface area contributed by atoms with Crippen LogP contribution < -0.4 is 5.32 Å².